The highest BCUT2D eigenvalue weighted by Gasteiger charge is 2.06. The zero-order chi connectivity index (χ0) is 14.7. The summed E-state index contributed by atoms with van der Waals surface area (Å²) in [5.74, 6) is 6.52. The topological polar surface area (TPSA) is 73.1 Å². The minimum atomic E-state index is 0.323. The van der Waals surface area contributed by atoms with Crippen molar-refractivity contribution in [2.75, 3.05) is 5.43 Å². The van der Waals surface area contributed by atoms with Crippen LogP contribution in [0.2, 0.25) is 5.02 Å². The summed E-state index contributed by atoms with van der Waals surface area (Å²) in [5.41, 5.74) is 3.15. The van der Waals surface area contributed by atoms with E-state index in [0.717, 1.165) is 16.5 Å². The van der Waals surface area contributed by atoms with Gasteiger partial charge in [0.1, 0.15) is 12.4 Å². The molecule has 0 aliphatic heterocycles. The predicted octanol–water partition coefficient (Wildman–Crippen LogP) is 3.15. The Balaban J connectivity index is 1.83. The van der Waals surface area contributed by atoms with E-state index in [9.17, 15) is 0 Å². The molecular formula is C15H13ClN4O. The number of hydrazine groups is 1. The third kappa shape index (κ3) is 2.89. The Kier molecular flexibility index (Phi) is 3.85. The van der Waals surface area contributed by atoms with Gasteiger partial charge in [0.2, 0.25) is 0 Å². The van der Waals surface area contributed by atoms with E-state index in [0.29, 0.717) is 23.1 Å². The standard InChI is InChI=1S/C15H13ClN4O/c16-13-5-6-14(12-4-2-1-3-11(12)13)21-9-10-7-19-15(20-17)8-18-10/h1-8H,9,17H2,(H,19,20). The van der Waals surface area contributed by atoms with E-state index in [1.807, 2.05) is 36.4 Å². The lowest BCUT2D eigenvalue weighted by atomic mass is 10.1. The van der Waals surface area contributed by atoms with Gasteiger partial charge in [-0.15, -0.1) is 0 Å². The highest BCUT2D eigenvalue weighted by atomic mass is 35.5. The lowest BCUT2D eigenvalue weighted by molar-refractivity contribution is 0.304. The molecule has 0 saturated heterocycles. The smallest absolute Gasteiger partial charge is 0.158 e. The van der Waals surface area contributed by atoms with Crippen LogP contribution in [0.25, 0.3) is 10.8 Å². The second-order valence-electron chi connectivity index (χ2n) is 4.42. The molecule has 0 fully saturated rings. The third-order valence-corrected chi connectivity index (χ3v) is 3.39. The van der Waals surface area contributed by atoms with Crippen LogP contribution in [-0.2, 0) is 6.61 Å². The number of hydrogen-bond acceptors (Lipinski definition) is 5. The maximum atomic E-state index is 6.18. The van der Waals surface area contributed by atoms with Crippen LogP contribution < -0.4 is 16.0 Å². The van der Waals surface area contributed by atoms with Gasteiger partial charge < -0.3 is 10.2 Å². The molecule has 21 heavy (non-hydrogen) atoms. The van der Waals surface area contributed by atoms with Crippen molar-refractivity contribution in [2.24, 2.45) is 5.84 Å². The number of nitrogens with two attached hydrogens (primary N) is 1. The Morgan fingerprint density at radius 3 is 2.57 bits per heavy atom. The number of anilines is 1. The molecule has 1 aromatic heterocycles. The minimum absolute atomic E-state index is 0.323. The maximum absolute atomic E-state index is 6.18. The number of rotatable bonds is 4. The van der Waals surface area contributed by atoms with Crippen molar-refractivity contribution >= 4 is 28.2 Å². The van der Waals surface area contributed by atoms with E-state index in [-0.39, 0.29) is 0 Å². The van der Waals surface area contributed by atoms with E-state index in [2.05, 4.69) is 15.4 Å². The van der Waals surface area contributed by atoms with E-state index >= 15 is 0 Å². The van der Waals surface area contributed by atoms with Crippen molar-refractivity contribution in [3.63, 3.8) is 0 Å². The number of benzene rings is 2. The summed E-state index contributed by atoms with van der Waals surface area (Å²) in [4.78, 5) is 8.29. The molecule has 0 bridgehead atoms. The van der Waals surface area contributed by atoms with Crippen LogP contribution in [0.4, 0.5) is 5.82 Å². The molecule has 0 saturated carbocycles. The zero-order valence-corrected chi connectivity index (χ0v) is 11.8. The van der Waals surface area contributed by atoms with E-state index in [1.165, 1.54) is 0 Å². The van der Waals surface area contributed by atoms with Crippen LogP contribution >= 0.6 is 11.6 Å². The molecule has 0 amide bonds. The Morgan fingerprint density at radius 2 is 1.86 bits per heavy atom. The number of hydrogen-bond donors (Lipinski definition) is 2. The SMILES string of the molecule is NNc1cnc(COc2ccc(Cl)c3ccccc23)cn1. The van der Waals surface area contributed by atoms with Crippen LogP contribution in [0.1, 0.15) is 5.69 Å². The van der Waals surface area contributed by atoms with Gasteiger partial charge in [0, 0.05) is 15.8 Å². The van der Waals surface area contributed by atoms with Gasteiger partial charge in [0.05, 0.1) is 18.1 Å². The average Bonchev–Trinajstić information content (AvgIpc) is 2.55. The van der Waals surface area contributed by atoms with Gasteiger partial charge in [-0.05, 0) is 12.1 Å². The van der Waals surface area contributed by atoms with Gasteiger partial charge in [-0.1, -0.05) is 35.9 Å². The second-order valence-corrected chi connectivity index (χ2v) is 4.82. The number of nitrogen functional groups attached to an aromatic ring is 1. The lowest BCUT2D eigenvalue weighted by Crippen LogP contribution is -2.09. The summed E-state index contributed by atoms with van der Waals surface area (Å²) in [7, 11) is 0. The molecule has 3 N–H and O–H groups in total. The Morgan fingerprint density at radius 1 is 1.05 bits per heavy atom. The molecule has 106 valence electrons. The van der Waals surface area contributed by atoms with Gasteiger partial charge in [-0.2, -0.15) is 0 Å². The van der Waals surface area contributed by atoms with Crippen molar-refractivity contribution in [1.29, 1.82) is 0 Å². The van der Waals surface area contributed by atoms with Crippen molar-refractivity contribution in [1.82, 2.24) is 9.97 Å². The fourth-order valence-corrected chi connectivity index (χ4v) is 2.24. The highest BCUT2D eigenvalue weighted by Crippen LogP contribution is 2.31. The molecule has 0 unspecified atom stereocenters. The number of aromatic nitrogens is 2. The first kappa shape index (κ1) is 13.6. The predicted molar refractivity (Wildman–Crippen MR) is 83.1 cm³/mol. The molecule has 3 aromatic rings. The summed E-state index contributed by atoms with van der Waals surface area (Å²) in [6.07, 6.45) is 3.17. The molecule has 0 radical (unpaired) electrons. The Labute approximate surface area is 126 Å². The highest BCUT2D eigenvalue weighted by molar-refractivity contribution is 6.35. The van der Waals surface area contributed by atoms with Gasteiger partial charge in [0.15, 0.2) is 5.82 Å². The summed E-state index contributed by atoms with van der Waals surface area (Å²) in [5, 5.41) is 2.64. The normalized spacial score (nSPS) is 10.6. The number of halogens is 1. The van der Waals surface area contributed by atoms with E-state index in [4.69, 9.17) is 22.2 Å². The fraction of sp³-hybridized carbons (Fsp3) is 0.0667. The molecule has 0 aliphatic rings. The number of ether oxygens (including phenoxy) is 1. The number of fused-ring (bicyclic) bond motifs is 1. The quantitative estimate of drug-likeness (QED) is 0.572. The van der Waals surface area contributed by atoms with Crippen molar-refractivity contribution in [3.05, 3.63) is 59.5 Å². The number of nitrogens with zero attached hydrogens (tertiary/aromatic N) is 2. The molecule has 1 heterocycles. The summed E-state index contributed by atoms with van der Waals surface area (Å²) in [6, 6.07) is 11.5. The average molecular weight is 301 g/mol. The molecule has 3 rings (SSSR count). The summed E-state index contributed by atoms with van der Waals surface area (Å²) < 4.78 is 5.82. The van der Waals surface area contributed by atoms with Gasteiger partial charge in [0.25, 0.3) is 0 Å². The third-order valence-electron chi connectivity index (χ3n) is 3.06. The van der Waals surface area contributed by atoms with Crippen LogP contribution in [0.15, 0.2) is 48.8 Å². The van der Waals surface area contributed by atoms with Crippen LogP contribution in [0, 0.1) is 0 Å². The van der Waals surface area contributed by atoms with E-state index < -0.39 is 0 Å². The summed E-state index contributed by atoms with van der Waals surface area (Å²) in [6.45, 7) is 0.323. The molecular weight excluding hydrogens is 288 g/mol. The second kappa shape index (κ2) is 5.95. The molecule has 5 nitrogen and oxygen atoms in total. The molecule has 6 heteroatoms. The lowest BCUT2D eigenvalue weighted by Gasteiger charge is -2.10. The first-order chi connectivity index (χ1) is 10.3. The first-order valence-electron chi connectivity index (χ1n) is 6.35. The Bertz CT molecular complexity index is 761. The van der Waals surface area contributed by atoms with Crippen molar-refractivity contribution in [3.8, 4) is 5.75 Å². The van der Waals surface area contributed by atoms with Gasteiger partial charge in [-0.25, -0.2) is 10.8 Å². The van der Waals surface area contributed by atoms with Gasteiger partial charge >= 0.3 is 0 Å². The van der Waals surface area contributed by atoms with E-state index in [1.54, 1.807) is 12.4 Å². The minimum Gasteiger partial charge on any atom is -0.487 e. The molecule has 0 aliphatic carbocycles. The first-order valence-corrected chi connectivity index (χ1v) is 6.73. The largest absolute Gasteiger partial charge is 0.487 e. The molecule has 2 aromatic carbocycles. The molecule has 0 atom stereocenters. The monoisotopic (exact) mass is 300 g/mol. The van der Waals surface area contributed by atoms with Gasteiger partial charge in [-0.3, -0.25) is 4.98 Å². The number of nitrogens with one attached hydrogen (secondary N) is 1. The van der Waals surface area contributed by atoms with Crippen molar-refractivity contribution < 1.29 is 4.74 Å². The molecule has 0 spiro atoms. The zero-order valence-electron chi connectivity index (χ0n) is 11.1. The van der Waals surface area contributed by atoms with Crippen LogP contribution in [0.5, 0.6) is 5.75 Å². The van der Waals surface area contributed by atoms with Crippen molar-refractivity contribution in [2.45, 2.75) is 6.61 Å². The van der Waals surface area contributed by atoms with Crippen LogP contribution in [-0.4, -0.2) is 9.97 Å². The fourth-order valence-electron chi connectivity index (χ4n) is 2.02. The maximum Gasteiger partial charge on any atom is 0.158 e. The Hall–Kier alpha value is -2.37. The summed E-state index contributed by atoms with van der Waals surface area (Å²) >= 11 is 6.18. The van der Waals surface area contributed by atoms with Crippen LogP contribution in [0.3, 0.4) is 0 Å².